The number of nitrogens with one attached hydrogen (secondary N) is 1. The van der Waals surface area contributed by atoms with Crippen LogP contribution in [0.1, 0.15) is 28.6 Å². The molecule has 0 fully saturated rings. The predicted molar refractivity (Wildman–Crippen MR) is 109 cm³/mol. The van der Waals surface area contributed by atoms with Crippen molar-refractivity contribution in [1.29, 1.82) is 0 Å². The summed E-state index contributed by atoms with van der Waals surface area (Å²) in [7, 11) is 1.81. The highest BCUT2D eigenvalue weighted by Crippen LogP contribution is 2.27. The molecule has 1 amide bonds. The molecule has 0 spiro atoms. The third kappa shape index (κ3) is 3.85. The van der Waals surface area contributed by atoms with E-state index in [1.807, 2.05) is 63.4 Å². The first-order valence-electron chi connectivity index (χ1n) is 9.34. The van der Waals surface area contributed by atoms with Gasteiger partial charge in [0.1, 0.15) is 11.8 Å². The fraction of sp³-hybridized carbons (Fsp3) is 0.227. The molecule has 0 radical (unpaired) electrons. The Morgan fingerprint density at radius 2 is 2.00 bits per heavy atom. The van der Waals surface area contributed by atoms with Gasteiger partial charge in [-0.1, -0.05) is 30.3 Å². The lowest BCUT2D eigenvalue weighted by atomic mass is 10.0. The van der Waals surface area contributed by atoms with Crippen molar-refractivity contribution < 1.29 is 13.9 Å². The Kier molecular flexibility index (Phi) is 5.03. The van der Waals surface area contributed by atoms with Gasteiger partial charge in [0.2, 0.25) is 5.88 Å². The van der Waals surface area contributed by atoms with Crippen LogP contribution < -0.4 is 10.1 Å². The summed E-state index contributed by atoms with van der Waals surface area (Å²) in [6, 6.07) is 14.9. The Morgan fingerprint density at radius 3 is 2.72 bits per heavy atom. The minimum Gasteiger partial charge on any atom is -0.467 e. The van der Waals surface area contributed by atoms with E-state index in [4.69, 9.17) is 9.15 Å². The molecule has 0 bridgehead atoms. The minimum atomic E-state index is -0.395. The van der Waals surface area contributed by atoms with Crippen LogP contribution >= 0.6 is 0 Å². The number of rotatable bonds is 6. The summed E-state index contributed by atoms with van der Waals surface area (Å²) in [6.45, 7) is 3.75. The van der Waals surface area contributed by atoms with E-state index in [0.29, 0.717) is 11.6 Å². The lowest BCUT2D eigenvalue weighted by Crippen LogP contribution is -2.33. The van der Waals surface area contributed by atoms with Gasteiger partial charge >= 0.3 is 0 Å². The Bertz CT molecular complexity index is 1130. The molecular weight excluding hydrogens is 368 g/mol. The molecule has 0 saturated carbocycles. The summed E-state index contributed by atoms with van der Waals surface area (Å²) in [5.74, 6) is 0.784. The highest BCUT2D eigenvalue weighted by Gasteiger charge is 2.21. The number of hydrogen-bond donors (Lipinski definition) is 1. The quantitative estimate of drug-likeness (QED) is 0.545. The smallest absolute Gasteiger partial charge is 0.258 e. The predicted octanol–water partition coefficient (Wildman–Crippen LogP) is 3.46. The van der Waals surface area contributed by atoms with Crippen molar-refractivity contribution >= 4 is 16.9 Å². The van der Waals surface area contributed by atoms with Crippen molar-refractivity contribution in [2.24, 2.45) is 7.05 Å². The van der Waals surface area contributed by atoms with E-state index in [1.165, 1.54) is 0 Å². The Morgan fingerprint density at radius 1 is 1.21 bits per heavy atom. The maximum atomic E-state index is 12.6. The molecule has 4 rings (SSSR count). The summed E-state index contributed by atoms with van der Waals surface area (Å²) < 4.78 is 12.9. The molecule has 1 aromatic carbocycles. The number of benzene rings is 1. The number of ether oxygens (including phenoxy) is 1. The van der Waals surface area contributed by atoms with Gasteiger partial charge in [0.05, 0.1) is 11.6 Å². The van der Waals surface area contributed by atoms with Gasteiger partial charge in [0.25, 0.3) is 5.91 Å². The highest BCUT2D eigenvalue weighted by atomic mass is 16.5. The van der Waals surface area contributed by atoms with E-state index in [-0.39, 0.29) is 12.5 Å². The maximum Gasteiger partial charge on any atom is 0.258 e. The fourth-order valence-corrected chi connectivity index (χ4v) is 3.41. The average molecular weight is 390 g/mol. The first-order valence-corrected chi connectivity index (χ1v) is 9.34. The second-order valence-corrected chi connectivity index (χ2v) is 6.92. The maximum absolute atomic E-state index is 12.6. The number of amides is 1. The number of carbonyl (C=O) groups is 1. The van der Waals surface area contributed by atoms with Crippen LogP contribution in [0.3, 0.4) is 0 Å². The van der Waals surface area contributed by atoms with Gasteiger partial charge in [-0.2, -0.15) is 0 Å². The molecule has 148 valence electrons. The molecule has 3 heterocycles. The summed E-state index contributed by atoms with van der Waals surface area (Å²) >= 11 is 0. The summed E-state index contributed by atoms with van der Waals surface area (Å²) in [6.07, 6.45) is 1.59. The van der Waals surface area contributed by atoms with Gasteiger partial charge in [-0.15, -0.1) is 5.10 Å². The fourth-order valence-electron chi connectivity index (χ4n) is 3.41. The van der Waals surface area contributed by atoms with E-state index in [9.17, 15) is 4.79 Å². The van der Waals surface area contributed by atoms with Gasteiger partial charge in [0.15, 0.2) is 12.3 Å². The van der Waals surface area contributed by atoms with Crippen LogP contribution in [0, 0.1) is 13.8 Å². The first-order chi connectivity index (χ1) is 14.0. The Balaban J connectivity index is 1.52. The summed E-state index contributed by atoms with van der Waals surface area (Å²) in [5.41, 5.74) is 3.57. The zero-order valence-electron chi connectivity index (χ0n) is 16.5. The summed E-state index contributed by atoms with van der Waals surface area (Å²) in [5, 5.41) is 8.18. The Hall–Kier alpha value is -3.61. The van der Waals surface area contributed by atoms with Crippen LogP contribution in [0.25, 0.3) is 11.0 Å². The van der Waals surface area contributed by atoms with Crippen molar-refractivity contribution in [2.75, 3.05) is 6.61 Å². The van der Waals surface area contributed by atoms with Crippen molar-refractivity contribution in [3.05, 3.63) is 77.4 Å². The van der Waals surface area contributed by atoms with E-state index >= 15 is 0 Å². The highest BCUT2D eigenvalue weighted by molar-refractivity contribution is 5.86. The van der Waals surface area contributed by atoms with Gasteiger partial charge in [-0.25, -0.2) is 9.67 Å². The SMILES string of the molecule is Cc1cc(C)c2c(OCC(=O)NC(c3ccccc3)c3ccco3)nn(C)c2n1. The molecule has 7 heteroatoms. The summed E-state index contributed by atoms with van der Waals surface area (Å²) in [4.78, 5) is 17.2. The number of aromatic nitrogens is 3. The van der Waals surface area contributed by atoms with Crippen LogP contribution in [0.15, 0.2) is 59.2 Å². The number of fused-ring (bicyclic) bond motifs is 1. The molecule has 7 nitrogen and oxygen atoms in total. The molecule has 4 aromatic rings. The first kappa shape index (κ1) is 18.7. The van der Waals surface area contributed by atoms with Crippen molar-refractivity contribution in [3.63, 3.8) is 0 Å². The topological polar surface area (TPSA) is 82.2 Å². The van der Waals surface area contributed by atoms with Crippen molar-refractivity contribution in [2.45, 2.75) is 19.9 Å². The van der Waals surface area contributed by atoms with Gasteiger partial charge in [-0.3, -0.25) is 4.79 Å². The molecule has 1 unspecified atom stereocenters. The van der Waals surface area contributed by atoms with Gasteiger partial charge in [-0.05, 0) is 43.2 Å². The molecule has 3 aromatic heterocycles. The normalized spacial score (nSPS) is 12.1. The zero-order chi connectivity index (χ0) is 20.4. The third-order valence-corrected chi connectivity index (χ3v) is 4.69. The van der Waals surface area contributed by atoms with E-state index < -0.39 is 6.04 Å². The van der Waals surface area contributed by atoms with E-state index in [0.717, 1.165) is 27.9 Å². The van der Waals surface area contributed by atoms with E-state index in [2.05, 4.69) is 15.4 Å². The number of pyridine rings is 1. The number of aryl methyl sites for hydroxylation is 3. The Labute approximate surface area is 168 Å². The second-order valence-electron chi connectivity index (χ2n) is 6.92. The zero-order valence-corrected chi connectivity index (χ0v) is 16.5. The second kappa shape index (κ2) is 7.79. The standard InChI is InChI=1S/C22H22N4O3/c1-14-12-15(2)23-21-19(14)22(25-26(21)3)29-13-18(27)24-20(17-10-7-11-28-17)16-8-5-4-6-9-16/h4-12,20H,13H2,1-3H3,(H,24,27). The molecule has 0 aliphatic rings. The average Bonchev–Trinajstić information content (AvgIpc) is 3.34. The number of furan rings is 1. The largest absolute Gasteiger partial charge is 0.467 e. The van der Waals surface area contributed by atoms with Gasteiger partial charge < -0.3 is 14.5 Å². The molecule has 29 heavy (non-hydrogen) atoms. The van der Waals surface area contributed by atoms with Crippen LogP contribution in [0.5, 0.6) is 5.88 Å². The molecule has 0 saturated heterocycles. The molecule has 1 atom stereocenters. The lowest BCUT2D eigenvalue weighted by molar-refractivity contribution is -0.123. The van der Waals surface area contributed by atoms with Crippen LogP contribution in [-0.2, 0) is 11.8 Å². The van der Waals surface area contributed by atoms with Crippen LogP contribution in [0.2, 0.25) is 0 Å². The molecule has 0 aliphatic carbocycles. The number of nitrogens with zero attached hydrogens (tertiary/aromatic N) is 3. The molecular formula is C22H22N4O3. The van der Waals surface area contributed by atoms with Crippen LogP contribution in [-0.4, -0.2) is 27.3 Å². The van der Waals surface area contributed by atoms with E-state index in [1.54, 1.807) is 17.0 Å². The number of carbonyl (C=O) groups excluding carboxylic acids is 1. The molecule has 0 aliphatic heterocycles. The third-order valence-electron chi connectivity index (χ3n) is 4.69. The monoisotopic (exact) mass is 390 g/mol. The lowest BCUT2D eigenvalue weighted by Gasteiger charge is -2.17. The number of hydrogen-bond acceptors (Lipinski definition) is 5. The van der Waals surface area contributed by atoms with Crippen LogP contribution in [0.4, 0.5) is 0 Å². The molecule has 1 N–H and O–H groups in total. The van der Waals surface area contributed by atoms with Crippen molar-refractivity contribution in [1.82, 2.24) is 20.1 Å². The van der Waals surface area contributed by atoms with Crippen molar-refractivity contribution in [3.8, 4) is 5.88 Å². The van der Waals surface area contributed by atoms with Gasteiger partial charge in [0, 0.05) is 12.7 Å². The minimum absolute atomic E-state index is 0.163.